The topological polar surface area (TPSA) is 49.8 Å². The molecule has 94 valence electrons. The van der Waals surface area contributed by atoms with E-state index >= 15 is 0 Å². The molecule has 4 nitrogen and oxygen atoms in total. The van der Waals surface area contributed by atoms with Gasteiger partial charge in [-0.25, -0.2) is 0 Å². The van der Waals surface area contributed by atoms with Gasteiger partial charge in [-0.3, -0.25) is 9.69 Å². The average molecular weight is 247 g/mol. The molecule has 1 saturated heterocycles. The number of methoxy groups -OCH3 is 1. The Bertz CT molecular complexity index is 213. The molecule has 1 atom stereocenters. The second-order valence-electron chi connectivity index (χ2n) is 4.06. The minimum atomic E-state index is -0.686. The van der Waals surface area contributed by atoms with Crippen LogP contribution >= 0.6 is 11.8 Å². The zero-order valence-electron chi connectivity index (χ0n) is 9.85. The molecule has 5 heteroatoms. The first kappa shape index (κ1) is 13.8. The van der Waals surface area contributed by atoms with Crippen LogP contribution in [0, 0.1) is 0 Å². The number of ether oxygens (including phenoxy) is 1. The summed E-state index contributed by atoms with van der Waals surface area (Å²) in [4.78, 5) is 13.1. The number of carbonyl (C=O) groups is 1. The number of hydrogen-bond donors (Lipinski definition) is 1. The van der Waals surface area contributed by atoms with Crippen molar-refractivity contribution in [2.75, 3.05) is 38.3 Å². The van der Waals surface area contributed by atoms with Crippen molar-refractivity contribution in [2.45, 2.75) is 25.3 Å². The fourth-order valence-corrected chi connectivity index (χ4v) is 3.07. The van der Waals surface area contributed by atoms with Crippen molar-refractivity contribution in [3.05, 3.63) is 0 Å². The van der Waals surface area contributed by atoms with Crippen molar-refractivity contribution in [3.63, 3.8) is 0 Å². The van der Waals surface area contributed by atoms with Crippen molar-refractivity contribution in [2.24, 2.45) is 0 Å². The molecule has 1 aliphatic heterocycles. The molecule has 1 aliphatic rings. The molecule has 0 aliphatic carbocycles. The molecule has 1 unspecified atom stereocenters. The van der Waals surface area contributed by atoms with Gasteiger partial charge in [-0.05, 0) is 19.4 Å². The SMILES string of the molecule is COCCCCN1CCSCC1CC(=O)O. The Morgan fingerprint density at radius 1 is 1.56 bits per heavy atom. The first-order valence-corrected chi connectivity index (χ1v) is 6.92. The van der Waals surface area contributed by atoms with Crippen LogP contribution in [-0.4, -0.2) is 60.3 Å². The highest BCUT2D eigenvalue weighted by Crippen LogP contribution is 2.19. The first-order valence-electron chi connectivity index (χ1n) is 5.76. The number of hydrogen-bond acceptors (Lipinski definition) is 4. The lowest BCUT2D eigenvalue weighted by molar-refractivity contribution is -0.138. The van der Waals surface area contributed by atoms with E-state index in [4.69, 9.17) is 9.84 Å². The maximum absolute atomic E-state index is 10.7. The zero-order valence-corrected chi connectivity index (χ0v) is 10.7. The molecule has 0 aromatic heterocycles. The summed E-state index contributed by atoms with van der Waals surface area (Å²) in [5.74, 6) is 1.39. The van der Waals surface area contributed by atoms with Crippen LogP contribution in [0.15, 0.2) is 0 Å². The van der Waals surface area contributed by atoms with Gasteiger partial charge in [0.25, 0.3) is 0 Å². The second kappa shape index (κ2) is 7.92. The minimum Gasteiger partial charge on any atom is -0.481 e. The van der Waals surface area contributed by atoms with Gasteiger partial charge in [0.1, 0.15) is 0 Å². The Morgan fingerprint density at radius 3 is 3.06 bits per heavy atom. The molecule has 1 N–H and O–H groups in total. The van der Waals surface area contributed by atoms with E-state index < -0.39 is 5.97 Å². The van der Waals surface area contributed by atoms with Gasteiger partial charge in [0, 0.05) is 37.8 Å². The molecule has 0 aromatic rings. The molecule has 0 bridgehead atoms. The highest BCUT2D eigenvalue weighted by molar-refractivity contribution is 7.99. The number of carboxylic acid groups (broad SMARTS) is 1. The smallest absolute Gasteiger partial charge is 0.304 e. The van der Waals surface area contributed by atoms with Gasteiger partial charge in [0.2, 0.25) is 0 Å². The molecule has 1 fully saturated rings. The molecular weight excluding hydrogens is 226 g/mol. The summed E-state index contributed by atoms with van der Waals surface area (Å²) >= 11 is 1.86. The zero-order chi connectivity index (χ0) is 11.8. The summed E-state index contributed by atoms with van der Waals surface area (Å²) in [7, 11) is 1.71. The van der Waals surface area contributed by atoms with Crippen molar-refractivity contribution in [3.8, 4) is 0 Å². The van der Waals surface area contributed by atoms with E-state index in [1.807, 2.05) is 11.8 Å². The predicted molar refractivity (Wildman–Crippen MR) is 66.0 cm³/mol. The van der Waals surface area contributed by atoms with Crippen molar-refractivity contribution < 1.29 is 14.6 Å². The monoisotopic (exact) mass is 247 g/mol. The molecule has 16 heavy (non-hydrogen) atoms. The number of thioether (sulfide) groups is 1. The van der Waals surface area contributed by atoms with Gasteiger partial charge in [0.15, 0.2) is 0 Å². The van der Waals surface area contributed by atoms with Crippen molar-refractivity contribution >= 4 is 17.7 Å². The summed E-state index contributed by atoms with van der Waals surface area (Å²) < 4.78 is 5.01. The predicted octanol–water partition coefficient (Wildman–Crippen LogP) is 1.31. The second-order valence-corrected chi connectivity index (χ2v) is 5.21. The highest BCUT2D eigenvalue weighted by Gasteiger charge is 2.24. The third-order valence-corrected chi connectivity index (χ3v) is 3.90. The van der Waals surface area contributed by atoms with Crippen LogP contribution in [0.3, 0.4) is 0 Å². The third-order valence-electron chi connectivity index (χ3n) is 2.80. The number of nitrogens with zero attached hydrogens (tertiary/aromatic N) is 1. The molecular formula is C11H21NO3S. The molecule has 1 heterocycles. The highest BCUT2D eigenvalue weighted by atomic mass is 32.2. The van der Waals surface area contributed by atoms with Gasteiger partial charge < -0.3 is 9.84 Å². The Balaban J connectivity index is 2.26. The van der Waals surface area contributed by atoms with E-state index in [-0.39, 0.29) is 12.5 Å². The van der Waals surface area contributed by atoms with Crippen LogP contribution in [0.4, 0.5) is 0 Å². The van der Waals surface area contributed by atoms with Gasteiger partial charge in [-0.1, -0.05) is 0 Å². The van der Waals surface area contributed by atoms with Gasteiger partial charge in [-0.15, -0.1) is 0 Å². The standard InChI is InChI=1S/C11H21NO3S/c1-15-6-3-2-4-12-5-7-16-9-10(12)8-11(13)14/h10H,2-9H2,1H3,(H,13,14). The largest absolute Gasteiger partial charge is 0.481 e. The van der Waals surface area contributed by atoms with E-state index in [2.05, 4.69) is 4.90 Å². The average Bonchev–Trinajstić information content (AvgIpc) is 2.26. The number of unbranched alkanes of at least 4 members (excludes halogenated alkanes) is 1. The van der Waals surface area contributed by atoms with Crippen LogP contribution < -0.4 is 0 Å². The maximum Gasteiger partial charge on any atom is 0.304 e. The van der Waals surface area contributed by atoms with Crippen LogP contribution in [0.2, 0.25) is 0 Å². The number of rotatable bonds is 7. The molecule has 0 spiro atoms. The van der Waals surface area contributed by atoms with Gasteiger partial charge in [0.05, 0.1) is 6.42 Å². The maximum atomic E-state index is 10.7. The summed E-state index contributed by atoms with van der Waals surface area (Å²) in [6.07, 6.45) is 2.42. The van der Waals surface area contributed by atoms with E-state index in [9.17, 15) is 4.79 Å². The minimum absolute atomic E-state index is 0.221. The van der Waals surface area contributed by atoms with E-state index in [0.29, 0.717) is 0 Å². The first-order chi connectivity index (χ1) is 7.74. The Hall–Kier alpha value is -0.260. The normalized spacial score (nSPS) is 22.2. The molecule has 1 rings (SSSR count). The van der Waals surface area contributed by atoms with E-state index in [1.165, 1.54) is 0 Å². The van der Waals surface area contributed by atoms with E-state index in [1.54, 1.807) is 7.11 Å². The van der Waals surface area contributed by atoms with Crippen molar-refractivity contribution in [1.29, 1.82) is 0 Å². The summed E-state index contributed by atoms with van der Waals surface area (Å²) in [6.45, 7) is 2.82. The Labute approximate surface area is 101 Å². The summed E-state index contributed by atoms with van der Waals surface area (Å²) in [6, 6.07) is 0.221. The van der Waals surface area contributed by atoms with Crippen LogP contribution in [0.5, 0.6) is 0 Å². The lowest BCUT2D eigenvalue weighted by Gasteiger charge is -2.34. The fraction of sp³-hybridized carbons (Fsp3) is 0.909. The quantitative estimate of drug-likeness (QED) is 0.687. The van der Waals surface area contributed by atoms with Gasteiger partial charge >= 0.3 is 5.97 Å². The molecule has 0 aromatic carbocycles. The Kier molecular flexibility index (Phi) is 6.84. The van der Waals surface area contributed by atoms with Crippen molar-refractivity contribution in [1.82, 2.24) is 4.90 Å². The third kappa shape index (κ3) is 5.18. The number of aliphatic carboxylic acids is 1. The lowest BCUT2D eigenvalue weighted by atomic mass is 10.1. The van der Waals surface area contributed by atoms with Gasteiger partial charge in [-0.2, -0.15) is 11.8 Å². The van der Waals surface area contributed by atoms with Crippen LogP contribution in [-0.2, 0) is 9.53 Å². The molecule has 0 saturated carbocycles. The lowest BCUT2D eigenvalue weighted by Crippen LogP contribution is -2.44. The Morgan fingerprint density at radius 2 is 2.38 bits per heavy atom. The van der Waals surface area contributed by atoms with Crippen LogP contribution in [0.1, 0.15) is 19.3 Å². The molecule has 0 amide bonds. The van der Waals surface area contributed by atoms with E-state index in [0.717, 1.165) is 44.0 Å². The van der Waals surface area contributed by atoms with Crippen LogP contribution in [0.25, 0.3) is 0 Å². The summed E-state index contributed by atoms with van der Waals surface area (Å²) in [5.41, 5.74) is 0. The summed E-state index contributed by atoms with van der Waals surface area (Å²) in [5, 5.41) is 8.84. The number of carboxylic acids is 1. The molecule has 0 radical (unpaired) electrons. The fourth-order valence-electron chi connectivity index (χ4n) is 1.93.